The zero-order valence-electron chi connectivity index (χ0n) is 16.4. The molecule has 1 amide bonds. The van der Waals surface area contributed by atoms with Crippen LogP contribution >= 0.6 is 11.6 Å². The molecule has 0 unspecified atom stereocenters. The van der Waals surface area contributed by atoms with Gasteiger partial charge in [-0.2, -0.15) is 5.10 Å². The molecule has 1 aliphatic rings. The summed E-state index contributed by atoms with van der Waals surface area (Å²) >= 11 is 6.19. The zero-order chi connectivity index (χ0) is 19.7. The van der Waals surface area contributed by atoms with Gasteiger partial charge in [-0.1, -0.05) is 54.1 Å². The number of hydrogen-bond acceptors (Lipinski definition) is 3. The summed E-state index contributed by atoms with van der Waals surface area (Å²) in [4.78, 5) is 17.0. The zero-order valence-corrected chi connectivity index (χ0v) is 17.1. The van der Waals surface area contributed by atoms with E-state index in [4.69, 9.17) is 11.6 Å². The molecule has 1 aliphatic heterocycles. The topological polar surface area (TPSA) is 41.4 Å². The highest BCUT2D eigenvalue weighted by atomic mass is 35.5. The molecule has 2 heterocycles. The van der Waals surface area contributed by atoms with Gasteiger partial charge in [0, 0.05) is 32.7 Å². The fraction of sp³-hybridized carbons (Fsp3) is 0.364. The molecule has 1 saturated heterocycles. The first kappa shape index (κ1) is 19.0. The van der Waals surface area contributed by atoms with Crippen LogP contribution in [0.4, 0.5) is 0 Å². The van der Waals surface area contributed by atoms with E-state index in [9.17, 15) is 4.79 Å². The van der Waals surface area contributed by atoms with Gasteiger partial charge < -0.3 is 4.90 Å². The fourth-order valence-corrected chi connectivity index (χ4v) is 4.02. The lowest BCUT2D eigenvalue weighted by atomic mass is 10.0. The lowest BCUT2D eigenvalue weighted by molar-refractivity contribution is -0.133. The Morgan fingerprint density at radius 2 is 1.75 bits per heavy atom. The Morgan fingerprint density at radius 1 is 1.04 bits per heavy atom. The van der Waals surface area contributed by atoms with Crippen molar-refractivity contribution in [3.8, 4) is 0 Å². The van der Waals surface area contributed by atoms with Gasteiger partial charge in [0.25, 0.3) is 0 Å². The number of aromatic nitrogens is 2. The van der Waals surface area contributed by atoms with Crippen LogP contribution in [-0.4, -0.2) is 51.7 Å². The standard InChI is InChI=1S/C22H25ClN4O/c1-16-22(23)17(2)27(24-16)15-21(28)26-12-10-25(11-13-26)14-19-8-5-7-18-6-3-4-9-20(18)19/h3-9H,10-15H2,1-2H3. The highest BCUT2D eigenvalue weighted by Crippen LogP contribution is 2.21. The van der Waals surface area contributed by atoms with E-state index in [1.54, 1.807) is 4.68 Å². The van der Waals surface area contributed by atoms with Gasteiger partial charge in [0.2, 0.25) is 5.91 Å². The Kier molecular flexibility index (Phi) is 5.38. The van der Waals surface area contributed by atoms with Crippen LogP contribution in [-0.2, 0) is 17.9 Å². The maximum Gasteiger partial charge on any atom is 0.244 e. The Bertz CT molecular complexity index is 1000. The SMILES string of the molecule is Cc1nn(CC(=O)N2CCN(Cc3cccc4ccccc34)CC2)c(C)c1Cl. The number of carbonyl (C=O) groups is 1. The second kappa shape index (κ2) is 7.94. The van der Waals surface area contributed by atoms with Crippen molar-refractivity contribution in [1.29, 1.82) is 0 Å². The lowest BCUT2D eigenvalue weighted by Gasteiger charge is -2.35. The second-order valence-corrected chi connectivity index (χ2v) is 7.82. The van der Waals surface area contributed by atoms with Crippen LogP contribution in [0.1, 0.15) is 17.0 Å². The highest BCUT2D eigenvalue weighted by Gasteiger charge is 2.23. The van der Waals surface area contributed by atoms with Crippen LogP contribution in [0.3, 0.4) is 0 Å². The molecule has 3 aromatic rings. The average Bonchev–Trinajstić information content (AvgIpc) is 2.95. The molecule has 0 aliphatic carbocycles. The summed E-state index contributed by atoms with van der Waals surface area (Å²) in [6, 6.07) is 15.0. The molecule has 0 N–H and O–H groups in total. The second-order valence-electron chi connectivity index (χ2n) is 7.44. The molecule has 0 spiro atoms. The summed E-state index contributed by atoms with van der Waals surface area (Å²) in [6.07, 6.45) is 0. The summed E-state index contributed by atoms with van der Waals surface area (Å²) in [5, 5.41) is 7.60. The number of nitrogens with zero attached hydrogens (tertiary/aromatic N) is 4. The van der Waals surface area contributed by atoms with Crippen molar-refractivity contribution in [3.05, 3.63) is 64.4 Å². The Balaban J connectivity index is 1.36. The lowest BCUT2D eigenvalue weighted by Crippen LogP contribution is -2.49. The molecule has 1 fully saturated rings. The van der Waals surface area contributed by atoms with Crippen LogP contribution in [0.25, 0.3) is 10.8 Å². The van der Waals surface area contributed by atoms with Crippen molar-refractivity contribution in [2.24, 2.45) is 0 Å². The predicted octanol–water partition coefficient (Wildman–Crippen LogP) is 3.65. The quantitative estimate of drug-likeness (QED) is 0.676. The Labute approximate surface area is 170 Å². The largest absolute Gasteiger partial charge is 0.339 e. The normalized spacial score (nSPS) is 15.3. The number of rotatable bonds is 4. The van der Waals surface area contributed by atoms with Crippen molar-refractivity contribution < 1.29 is 4.79 Å². The molecule has 146 valence electrons. The monoisotopic (exact) mass is 396 g/mol. The summed E-state index contributed by atoms with van der Waals surface area (Å²) in [5.41, 5.74) is 2.96. The number of fused-ring (bicyclic) bond motifs is 1. The Hall–Kier alpha value is -2.37. The van der Waals surface area contributed by atoms with Crippen LogP contribution in [0, 0.1) is 13.8 Å². The van der Waals surface area contributed by atoms with Crippen LogP contribution in [0.5, 0.6) is 0 Å². The van der Waals surface area contributed by atoms with Gasteiger partial charge in [-0.15, -0.1) is 0 Å². The molecule has 6 heteroatoms. The number of piperazine rings is 1. The number of amides is 1. The molecule has 0 atom stereocenters. The third-order valence-electron chi connectivity index (χ3n) is 5.58. The van der Waals surface area contributed by atoms with Crippen molar-refractivity contribution >= 4 is 28.3 Å². The fourth-order valence-electron chi connectivity index (χ4n) is 3.88. The number of benzene rings is 2. The van der Waals surface area contributed by atoms with Crippen LogP contribution < -0.4 is 0 Å². The van der Waals surface area contributed by atoms with Gasteiger partial charge in [0.15, 0.2) is 0 Å². The van der Waals surface area contributed by atoms with Gasteiger partial charge in [-0.05, 0) is 30.2 Å². The third-order valence-corrected chi connectivity index (χ3v) is 6.12. The van der Waals surface area contributed by atoms with Gasteiger partial charge in [-0.25, -0.2) is 0 Å². The molecule has 5 nitrogen and oxygen atoms in total. The van der Waals surface area contributed by atoms with Crippen molar-refractivity contribution in [2.45, 2.75) is 26.9 Å². The van der Waals surface area contributed by atoms with Crippen molar-refractivity contribution in [2.75, 3.05) is 26.2 Å². The third kappa shape index (κ3) is 3.77. The van der Waals surface area contributed by atoms with Gasteiger partial charge in [0.05, 0.1) is 16.4 Å². The Morgan fingerprint density at radius 3 is 2.46 bits per heavy atom. The van der Waals surface area contributed by atoms with Gasteiger partial charge in [0.1, 0.15) is 6.54 Å². The average molecular weight is 397 g/mol. The first-order valence-electron chi connectivity index (χ1n) is 9.69. The van der Waals surface area contributed by atoms with E-state index >= 15 is 0 Å². The maximum absolute atomic E-state index is 12.7. The molecule has 2 aromatic carbocycles. The molecule has 28 heavy (non-hydrogen) atoms. The first-order chi connectivity index (χ1) is 13.5. The number of aryl methyl sites for hydroxylation is 1. The van der Waals surface area contributed by atoms with E-state index in [-0.39, 0.29) is 12.5 Å². The van der Waals surface area contributed by atoms with E-state index in [1.807, 2.05) is 18.7 Å². The maximum atomic E-state index is 12.7. The molecule has 4 rings (SSSR count). The molecule has 0 bridgehead atoms. The number of hydrogen-bond donors (Lipinski definition) is 0. The summed E-state index contributed by atoms with van der Waals surface area (Å²) in [7, 11) is 0. The molecule has 0 saturated carbocycles. The summed E-state index contributed by atoms with van der Waals surface area (Å²) in [5.74, 6) is 0.104. The van der Waals surface area contributed by atoms with E-state index in [0.717, 1.165) is 44.1 Å². The smallest absolute Gasteiger partial charge is 0.244 e. The molecule has 1 aromatic heterocycles. The van der Waals surface area contributed by atoms with Crippen molar-refractivity contribution in [1.82, 2.24) is 19.6 Å². The van der Waals surface area contributed by atoms with E-state index in [1.165, 1.54) is 16.3 Å². The summed E-state index contributed by atoms with van der Waals surface area (Å²) in [6.45, 7) is 8.19. The van der Waals surface area contributed by atoms with Crippen molar-refractivity contribution in [3.63, 3.8) is 0 Å². The van der Waals surface area contributed by atoms with Gasteiger partial charge in [-0.3, -0.25) is 14.4 Å². The number of halogens is 1. The van der Waals surface area contributed by atoms with E-state index in [0.29, 0.717) is 5.02 Å². The van der Waals surface area contributed by atoms with Crippen LogP contribution in [0.15, 0.2) is 42.5 Å². The van der Waals surface area contributed by atoms with Gasteiger partial charge >= 0.3 is 0 Å². The number of carbonyl (C=O) groups excluding carboxylic acids is 1. The summed E-state index contributed by atoms with van der Waals surface area (Å²) < 4.78 is 1.71. The first-order valence-corrected chi connectivity index (χ1v) is 10.1. The van der Waals surface area contributed by atoms with E-state index in [2.05, 4.69) is 52.5 Å². The molecular weight excluding hydrogens is 372 g/mol. The van der Waals surface area contributed by atoms with Crippen LogP contribution in [0.2, 0.25) is 5.02 Å². The molecule has 0 radical (unpaired) electrons. The molecular formula is C22H25ClN4O. The highest BCUT2D eigenvalue weighted by molar-refractivity contribution is 6.31. The minimum atomic E-state index is 0.104. The minimum absolute atomic E-state index is 0.104. The van der Waals surface area contributed by atoms with E-state index < -0.39 is 0 Å². The minimum Gasteiger partial charge on any atom is -0.339 e. The predicted molar refractivity (Wildman–Crippen MR) is 113 cm³/mol.